The molecule has 2 heterocycles. The summed E-state index contributed by atoms with van der Waals surface area (Å²) in [4.78, 5) is 12.4. The Hall–Kier alpha value is -3.09. The van der Waals surface area contributed by atoms with Crippen molar-refractivity contribution in [3.63, 3.8) is 0 Å². The molecule has 0 aliphatic rings. The second-order valence-corrected chi connectivity index (χ2v) is 5.31. The molecule has 0 atom stereocenters. The first-order chi connectivity index (χ1) is 11.6. The molecule has 0 saturated heterocycles. The molecule has 0 fully saturated rings. The molecule has 1 aromatic carbocycles. The van der Waals surface area contributed by atoms with E-state index >= 15 is 0 Å². The van der Waals surface area contributed by atoms with Gasteiger partial charge in [0.1, 0.15) is 11.4 Å². The van der Waals surface area contributed by atoms with Crippen molar-refractivity contribution in [2.24, 2.45) is 0 Å². The van der Waals surface area contributed by atoms with Crippen LogP contribution in [0.5, 0.6) is 5.75 Å². The summed E-state index contributed by atoms with van der Waals surface area (Å²) in [5.41, 5.74) is 3.55. The first-order valence-electron chi connectivity index (χ1n) is 7.66. The van der Waals surface area contributed by atoms with E-state index in [1.165, 1.54) is 0 Å². The highest BCUT2D eigenvalue weighted by Crippen LogP contribution is 2.23. The van der Waals surface area contributed by atoms with Crippen molar-refractivity contribution < 1.29 is 9.53 Å². The van der Waals surface area contributed by atoms with E-state index in [4.69, 9.17) is 4.74 Å². The van der Waals surface area contributed by atoms with E-state index < -0.39 is 0 Å². The monoisotopic (exact) mass is 325 g/mol. The number of aromatic amines is 1. The van der Waals surface area contributed by atoms with E-state index in [1.807, 2.05) is 42.8 Å². The van der Waals surface area contributed by atoms with Gasteiger partial charge in [-0.25, -0.2) is 0 Å². The standard InChI is InChI=1S/C17H19N5O2/c1-4-22-11(2)16(10-18-22)19-17(23)15-9-14(20-21-15)12-6-5-7-13(8-12)24-3/h5-10H,4H2,1-3H3,(H,19,23)(H,20,21). The molecule has 0 aliphatic carbocycles. The van der Waals surface area contributed by atoms with Gasteiger partial charge in [0.05, 0.1) is 30.4 Å². The SMILES string of the molecule is CCn1ncc(NC(=O)c2cc(-c3cccc(OC)c3)n[nH]2)c1C. The number of methoxy groups -OCH3 is 1. The summed E-state index contributed by atoms with van der Waals surface area (Å²) in [6.07, 6.45) is 1.65. The summed E-state index contributed by atoms with van der Waals surface area (Å²) in [6, 6.07) is 9.23. The van der Waals surface area contributed by atoms with Crippen LogP contribution in [0.25, 0.3) is 11.3 Å². The predicted octanol–water partition coefficient (Wildman–Crippen LogP) is 2.86. The summed E-state index contributed by atoms with van der Waals surface area (Å²) in [5.74, 6) is 0.486. The Morgan fingerprint density at radius 1 is 1.38 bits per heavy atom. The fraction of sp³-hybridized carbons (Fsp3) is 0.235. The molecular formula is C17H19N5O2. The van der Waals surface area contributed by atoms with Gasteiger partial charge in [-0.05, 0) is 32.0 Å². The Bertz CT molecular complexity index is 866. The highest BCUT2D eigenvalue weighted by Gasteiger charge is 2.14. The molecule has 0 aliphatic heterocycles. The molecule has 1 amide bonds. The first kappa shape index (κ1) is 15.8. The molecular weight excluding hydrogens is 306 g/mol. The molecule has 2 N–H and O–H groups in total. The van der Waals surface area contributed by atoms with Gasteiger partial charge in [0.25, 0.3) is 5.91 Å². The van der Waals surface area contributed by atoms with Gasteiger partial charge in [0, 0.05) is 12.1 Å². The van der Waals surface area contributed by atoms with E-state index in [1.54, 1.807) is 19.4 Å². The summed E-state index contributed by atoms with van der Waals surface area (Å²) < 4.78 is 7.03. The fourth-order valence-electron chi connectivity index (χ4n) is 2.45. The maximum Gasteiger partial charge on any atom is 0.273 e. The summed E-state index contributed by atoms with van der Waals surface area (Å²) >= 11 is 0. The summed E-state index contributed by atoms with van der Waals surface area (Å²) in [5, 5.41) is 14.0. The van der Waals surface area contributed by atoms with E-state index in [0.29, 0.717) is 17.1 Å². The van der Waals surface area contributed by atoms with Crippen molar-refractivity contribution in [1.29, 1.82) is 0 Å². The lowest BCUT2D eigenvalue weighted by molar-refractivity contribution is 0.102. The van der Waals surface area contributed by atoms with Gasteiger partial charge in [-0.2, -0.15) is 10.2 Å². The zero-order chi connectivity index (χ0) is 17.1. The number of hydrogen-bond acceptors (Lipinski definition) is 4. The van der Waals surface area contributed by atoms with Crippen molar-refractivity contribution in [3.05, 3.63) is 47.9 Å². The van der Waals surface area contributed by atoms with Gasteiger partial charge in [0.2, 0.25) is 0 Å². The fourth-order valence-corrected chi connectivity index (χ4v) is 2.45. The number of hydrogen-bond donors (Lipinski definition) is 2. The Balaban J connectivity index is 1.79. The Labute approximate surface area is 139 Å². The van der Waals surface area contributed by atoms with Crippen LogP contribution >= 0.6 is 0 Å². The van der Waals surface area contributed by atoms with Gasteiger partial charge in [0.15, 0.2) is 0 Å². The molecule has 2 aromatic heterocycles. The van der Waals surface area contributed by atoms with Crippen molar-refractivity contribution >= 4 is 11.6 Å². The van der Waals surface area contributed by atoms with E-state index in [0.717, 1.165) is 23.6 Å². The van der Waals surface area contributed by atoms with Crippen molar-refractivity contribution in [2.45, 2.75) is 20.4 Å². The minimum absolute atomic E-state index is 0.254. The largest absolute Gasteiger partial charge is 0.497 e. The average molecular weight is 325 g/mol. The van der Waals surface area contributed by atoms with Crippen LogP contribution in [0.3, 0.4) is 0 Å². The number of anilines is 1. The molecule has 24 heavy (non-hydrogen) atoms. The molecule has 7 heteroatoms. The number of rotatable bonds is 5. The van der Waals surface area contributed by atoms with Crippen LogP contribution in [0, 0.1) is 6.92 Å². The third kappa shape index (κ3) is 3.01. The van der Waals surface area contributed by atoms with Crippen LogP contribution in [0.2, 0.25) is 0 Å². The van der Waals surface area contributed by atoms with Crippen LogP contribution in [0.15, 0.2) is 36.5 Å². The van der Waals surface area contributed by atoms with Crippen molar-refractivity contribution in [1.82, 2.24) is 20.0 Å². The molecule has 0 saturated carbocycles. The number of carbonyl (C=O) groups is 1. The maximum atomic E-state index is 12.4. The summed E-state index contributed by atoms with van der Waals surface area (Å²) in [7, 11) is 1.61. The number of ether oxygens (including phenoxy) is 1. The normalized spacial score (nSPS) is 10.6. The molecule has 0 bridgehead atoms. The molecule has 3 aromatic rings. The Kier molecular flexibility index (Phi) is 4.33. The van der Waals surface area contributed by atoms with Crippen molar-refractivity contribution in [3.8, 4) is 17.0 Å². The van der Waals surface area contributed by atoms with E-state index in [2.05, 4.69) is 20.6 Å². The molecule has 0 radical (unpaired) electrons. The quantitative estimate of drug-likeness (QED) is 0.755. The van der Waals surface area contributed by atoms with Crippen LogP contribution in [0.4, 0.5) is 5.69 Å². The van der Waals surface area contributed by atoms with Crippen LogP contribution in [-0.4, -0.2) is 33.0 Å². The first-order valence-corrected chi connectivity index (χ1v) is 7.66. The number of carbonyl (C=O) groups excluding carboxylic acids is 1. The second kappa shape index (κ2) is 6.57. The van der Waals surface area contributed by atoms with Crippen molar-refractivity contribution in [2.75, 3.05) is 12.4 Å². The summed E-state index contributed by atoms with van der Waals surface area (Å²) in [6.45, 7) is 4.67. The predicted molar refractivity (Wildman–Crippen MR) is 91.2 cm³/mol. The number of aromatic nitrogens is 4. The topological polar surface area (TPSA) is 84.8 Å². The third-order valence-electron chi connectivity index (χ3n) is 3.84. The van der Waals surface area contributed by atoms with Gasteiger partial charge in [-0.3, -0.25) is 14.6 Å². The van der Waals surface area contributed by atoms with Gasteiger partial charge >= 0.3 is 0 Å². The van der Waals surface area contributed by atoms with Gasteiger partial charge in [-0.1, -0.05) is 12.1 Å². The van der Waals surface area contributed by atoms with Gasteiger partial charge in [-0.15, -0.1) is 0 Å². The number of nitrogens with zero attached hydrogens (tertiary/aromatic N) is 3. The molecule has 0 spiro atoms. The number of amides is 1. The van der Waals surface area contributed by atoms with E-state index in [9.17, 15) is 4.79 Å². The number of benzene rings is 1. The number of aryl methyl sites for hydroxylation is 1. The lowest BCUT2D eigenvalue weighted by atomic mass is 10.1. The number of H-pyrrole nitrogens is 1. The molecule has 124 valence electrons. The average Bonchev–Trinajstić information content (AvgIpc) is 3.23. The molecule has 7 nitrogen and oxygen atoms in total. The smallest absolute Gasteiger partial charge is 0.273 e. The van der Waals surface area contributed by atoms with Crippen LogP contribution in [-0.2, 0) is 6.54 Å². The molecule has 0 unspecified atom stereocenters. The highest BCUT2D eigenvalue weighted by atomic mass is 16.5. The zero-order valence-electron chi connectivity index (χ0n) is 13.8. The molecule has 3 rings (SSSR count). The number of nitrogens with one attached hydrogen (secondary N) is 2. The zero-order valence-corrected chi connectivity index (χ0v) is 13.8. The third-order valence-corrected chi connectivity index (χ3v) is 3.84. The maximum absolute atomic E-state index is 12.4. The minimum atomic E-state index is -0.254. The lowest BCUT2D eigenvalue weighted by Gasteiger charge is -2.03. The van der Waals surface area contributed by atoms with E-state index in [-0.39, 0.29) is 5.91 Å². The van der Waals surface area contributed by atoms with Crippen LogP contribution in [0.1, 0.15) is 23.1 Å². The Morgan fingerprint density at radius 2 is 2.21 bits per heavy atom. The van der Waals surface area contributed by atoms with Gasteiger partial charge < -0.3 is 10.1 Å². The van der Waals surface area contributed by atoms with Crippen LogP contribution < -0.4 is 10.1 Å². The minimum Gasteiger partial charge on any atom is -0.497 e. The second-order valence-electron chi connectivity index (χ2n) is 5.31. The Morgan fingerprint density at radius 3 is 2.92 bits per heavy atom. The lowest BCUT2D eigenvalue weighted by Crippen LogP contribution is -2.13. The highest BCUT2D eigenvalue weighted by molar-refractivity contribution is 6.03.